The van der Waals surface area contributed by atoms with E-state index < -0.39 is 28.9 Å². The summed E-state index contributed by atoms with van der Waals surface area (Å²) in [6.45, 7) is 0.507. The molecule has 160 valence electrons. The summed E-state index contributed by atoms with van der Waals surface area (Å²) in [5, 5.41) is 0.867. The molecule has 0 N–H and O–H groups in total. The van der Waals surface area contributed by atoms with E-state index in [1.165, 1.54) is 0 Å². The van der Waals surface area contributed by atoms with E-state index in [1.54, 1.807) is 47.4 Å². The predicted molar refractivity (Wildman–Crippen MR) is 123 cm³/mol. The highest BCUT2D eigenvalue weighted by atomic mass is 35.5. The quantitative estimate of drug-likeness (QED) is 0.386. The monoisotopic (exact) mass is 463 g/mol. The first kappa shape index (κ1) is 20.9. The second-order valence-electron chi connectivity index (χ2n) is 8.37. The van der Waals surface area contributed by atoms with Crippen LogP contribution in [0.3, 0.4) is 0 Å². The molecule has 3 aromatic rings. The Morgan fingerprint density at radius 3 is 2.25 bits per heavy atom. The molecule has 3 aromatic carbocycles. The van der Waals surface area contributed by atoms with E-state index in [4.69, 9.17) is 23.2 Å². The van der Waals surface area contributed by atoms with Crippen LogP contribution in [0.2, 0.25) is 10.0 Å². The molecule has 0 radical (unpaired) electrons. The maximum atomic E-state index is 13.5. The highest BCUT2D eigenvalue weighted by Gasteiger charge is 2.77. The van der Waals surface area contributed by atoms with Gasteiger partial charge in [0, 0.05) is 40.5 Å². The minimum atomic E-state index is -1.11. The third-order valence-electron chi connectivity index (χ3n) is 6.55. The minimum absolute atomic E-state index is 0.149. The number of likely N-dealkylation sites (tertiary alicyclic amines) is 1. The Labute approximate surface area is 195 Å². The van der Waals surface area contributed by atoms with E-state index in [9.17, 15) is 14.4 Å². The van der Waals surface area contributed by atoms with Crippen LogP contribution in [-0.4, -0.2) is 28.9 Å². The predicted octanol–water partition coefficient (Wildman–Crippen LogP) is 5.19. The Hall–Kier alpha value is -2.95. The van der Waals surface area contributed by atoms with E-state index in [-0.39, 0.29) is 12.3 Å². The number of carbonyl (C=O) groups is 3. The molecule has 0 unspecified atom stereocenters. The van der Waals surface area contributed by atoms with Gasteiger partial charge in [0.15, 0.2) is 5.78 Å². The summed E-state index contributed by atoms with van der Waals surface area (Å²) in [6.07, 6.45) is 0. The van der Waals surface area contributed by atoms with Crippen LogP contribution in [0.1, 0.15) is 27.4 Å². The second kappa shape index (κ2) is 7.88. The molecular formula is C26H19Cl2NO3. The van der Waals surface area contributed by atoms with Gasteiger partial charge in [-0.1, -0.05) is 89.9 Å². The third kappa shape index (κ3) is 3.26. The number of Topliss-reactive ketones (excluding diaryl/α,β-unsaturated/α-hetero) is 2. The van der Waals surface area contributed by atoms with Gasteiger partial charge in [-0.2, -0.15) is 0 Å². The van der Waals surface area contributed by atoms with Crippen molar-refractivity contribution in [1.29, 1.82) is 0 Å². The molecule has 32 heavy (non-hydrogen) atoms. The van der Waals surface area contributed by atoms with Crippen molar-refractivity contribution in [2.45, 2.75) is 12.5 Å². The zero-order valence-corrected chi connectivity index (χ0v) is 18.5. The Balaban J connectivity index is 1.55. The molecule has 2 fully saturated rings. The van der Waals surface area contributed by atoms with Gasteiger partial charge in [-0.25, -0.2) is 0 Å². The average Bonchev–Trinajstić information content (AvgIpc) is 3.40. The second-order valence-corrected chi connectivity index (χ2v) is 9.21. The van der Waals surface area contributed by atoms with E-state index in [0.29, 0.717) is 27.7 Å². The molecular weight excluding hydrogens is 445 g/mol. The van der Waals surface area contributed by atoms with Crippen molar-refractivity contribution < 1.29 is 14.4 Å². The number of nitrogens with zero attached hydrogens (tertiary/aromatic N) is 1. The summed E-state index contributed by atoms with van der Waals surface area (Å²) in [7, 11) is 0. The lowest BCUT2D eigenvalue weighted by Gasteiger charge is -2.16. The number of carbonyl (C=O) groups excluding carboxylic acids is 3. The van der Waals surface area contributed by atoms with Gasteiger partial charge < -0.3 is 4.90 Å². The topological polar surface area (TPSA) is 54.5 Å². The van der Waals surface area contributed by atoms with E-state index in [1.807, 2.05) is 36.4 Å². The molecule has 1 amide bonds. The fourth-order valence-corrected chi connectivity index (χ4v) is 5.56. The highest BCUT2D eigenvalue weighted by molar-refractivity contribution is 6.43. The summed E-state index contributed by atoms with van der Waals surface area (Å²) in [4.78, 5) is 41.4. The SMILES string of the molecule is O=C(c1ccccc1)[C@H]1[C@@H](c2ccc(Cl)cc2Cl)[C@@]12CN(Cc1ccccc1)C(=O)C2=O. The summed E-state index contributed by atoms with van der Waals surface area (Å²) >= 11 is 12.6. The van der Waals surface area contributed by atoms with Crippen LogP contribution in [0.5, 0.6) is 0 Å². The molecule has 3 atom stereocenters. The lowest BCUT2D eigenvalue weighted by atomic mass is 9.95. The average molecular weight is 464 g/mol. The van der Waals surface area contributed by atoms with Crippen molar-refractivity contribution >= 4 is 40.7 Å². The smallest absolute Gasteiger partial charge is 0.290 e. The van der Waals surface area contributed by atoms with Gasteiger partial charge in [0.25, 0.3) is 5.91 Å². The molecule has 1 aliphatic heterocycles. The number of ketones is 2. The molecule has 0 aromatic heterocycles. The van der Waals surface area contributed by atoms with Crippen LogP contribution in [0.15, 0.2) is 78.9 Å². The molecule has 5 rings (SSSR count). The van der Waals surface area contributed by atoms with Crippen molar-refractivity contribution in [3.8, 4) is 0 Å². The van der Waals surface area contributed by atoms with Crippen LogP contribution in [-0.2, 0) is 16.1 Å². The number of hydrogen-bond acceptors (Lipinski definition) is 3. The van der Waals surface area contributed by atoms with Crippen LogP contribution >= 0.6 is 23.2 Å². The first-order chi connectivity index (χ1) is 15.4. The van der Waals surface area contributed by atoms with Gasteiger partial charge in [-0.15, -0.1) is 0 Å². The zero-order valence-electron chi connectivity index (χ0n) is 17.0. The Morgan fingerprint density at radius 1 is 0.938 bits per heavy atom. The van der Waals surface area contributed by atoms with Crippen molar-refractivity contribution in [3.63, 3.8) is 0 Å². The first-order valence-corrected chi connectivity index (χ1v) is 11.1. The van der Waals surface area contributed by atoms with Crippen LogP contribution in [0, 0.1) is 11.3 Å². The maximum Gasteiger partial charge on any atom is 0.290 e. The molecule has 1 spiro atoms. The molecule has 1 saturated carbocycles. The lowest BCUT2D eigenvalue weighted by Crippen LogP contribution is -2.26. The number of amides is 1. The normalized spacial score (nSPS) is 24.2. The number of hydrogen-bond donors (Lipinski definition) is 0. The fourth-order valence-electron chi connectivity index (χ4n) is 5.03. The van der Waals surface area contributed by atoms with Gasteiger partial charge in [0.1, 0.15) is 0 Å². The van der Waals surface area contributed by atoms with E-state index >= 15 is 0 Å². The summed E-state index contributed by atoms with van der Waals surface area (Å²) in [5.41, 5.74) is 1.01. The fraction of sp³-hybridized carbons (Fsp3) is 0.192. The van der Waals surface area contributed by atoms with Crippen molar-refractivity contribution in [3.05, 3.63) is 106 Å². The Morgan fingerprint density at radius 2 is 1.59 bits per heavy atom. The van der Waals surface area contributed by atoms with Gasteiger partial charge >= 0.3 is 0 Å². The van der Waals surface area contributed by atoms with Gasteiger partial charge in [0.2, 0.25) is 5.78 Å². The Bertz CT molecular complexity index is 1230. The number of rotatable bonds is 5. The summed E-state index contributed by atoms with van der Waals surface area (Å²) < 4.78 is 0. The molecule has 2 aliphatic rings. The summed E-state index contributed by atoms with van der Waals surface area (Å²) in [5.74, 6) is -2.34. The van der Waals surface area contributed by atoms with Crippen LogP contribution in [0.4, 0.5) is 0 Å². The molecule has 1 aliphatic carbocycles. The van der Waals surface area contributed by atoms with Crippen molar-refractivity contribution in [1.82, 2.24) is 4.90 Å². The molecule has 0 bridgehead atoms. The van der Waals surface area contributed by atoms with Gasteiger partial charge in [-0.3, -0.25) is 14.4 Å². The zero-order chi connectivity index (χ0) is 22.5. The lowest BCUT2D eigenvalue weighted by molar-refractivity contribution is -0.141. The first-order valence-electron chi connectivity index (χ1n) is 10.4. The molecule has 4 nitrogen and oxygen atoms in total. The molecule has 1 saturated heterocycles. The van der Waals surface area contributed by atoms with Crippen molar-refractivity contribution in [2.75, 3.05) is 6.54 Å². The molecule has 1 heterocycles. The van der Waals surface area contributed by atoms with Crippen LogP contribution < -0.4 is 0 Å². The minimum Gasteiger partial charge on any atom is -0.331 e. The van der Waals surface area contributed by atoms with Crippen LogP contribution in [0.25, 0.3) is 0 Å². The third-order valence-corrected chi connectivity index (χ3v) is 7.11. The Kier molecular flexibility index (Phi) is 5.15. The standard InChI is InChI=1S/C26H19Cl2NO3/c27-18-11-12-19(20(28)13-18)21-22(23(30)17-9-5-2-6-10-17)26(21)15-29(25(32)24(26)31)14-16-7-3-1-4-8-16/h1-13,21-22H,14-15H2/t21-,22-,26+/m1/s1. The van der Waals surface area contributed by atoms with E-state index in [2.05, 4.69) is 0 Å². The van der Waals surface area contributed by atoms with Crippen molar-refractivity contribution in [2.24, 2.45) is 11.3 Å². The maximum absolute atomic E-state index is 13.5. The van der Waals surface area contributed by atoms with E-state index in [0.717, 1.165) is 5.56 Å². The summed E-state index contributed by atoms with van der Waals surface area (Å²) in [6, 6.07) is 23.4. The van der Waals surface area contributed by atoms with Gasteiger partial charge in [-0.05, 0) is 23.3 Å². The largest absolute Gasteiger partial charge is 0.331 e. The number of halogens is 2. The van der Waals surface area contributed by atoms with Gasteiger partial charge in [0.05, 0.1) is 5.41 Å². The number of benzene rings is 3. The highest BCUT2D eigenvalue weighted by Crippen LogP contribution is 2.69. The molecule has 6 heteroatoms.